The van der Waals surface area contributed by atoms with E-state index in [1.165, 1.54) is 5.56 Å². The molecule has 0 bridgehead atoms. The van der Waals surface area contributed by atoms with Crippen LogP contribution in [0.5, 0.6) is 5.75 Å². The number of carbonyl (C=O) groups excluding carboxylic acids is 1. The topological polar surface area (TPSA) is 72.5 Å². The molecule has 3 heterocycles. The number of rotatable bonds is 6. The highest BCUT2D eigenvalue weighted by molar-refractivity contribution is 6.30. The van der Waals surface area contributed by atoms with Crippen molar-refractivity contribution in [3.63, 3.8) is 0 Å². The van der Waals surface area contributed by atoms with Crippen LogP contribution in [-0.2, 0) is 17.8 Å². The summed E-state index contributed by atoms with van der Waals surface area (Å²) in [6, 6.07) is 25.5. The Morgan fingerprint density at radius 2 is 1.67 bits per heavy atom. The van der Waals surface area contributed by atoms with Crippen LogP contribution in [0.1, 0.15) is 11.1 Å². The molecule has 196 valence electrons. The van der Waals surface area contributed by atoms with Crippen molar-refractivity contribution in [2.24, 2.45) is 0 Å². The van der Waals surface area contributed by atoms with E-state index in [2.05, 4.69) is 20.9 Å². The van der Waals surface area contributed by atoms with Gasteiger partial charge in [0.25, 0.3) is 0 Å². The second kappa shape index (κ2) is 10.9. The Kier molecular flexibility index (Phi) is 7.05. The number of aromatic nitrogens is 2. The maximum absolute atomic E-state index is 13.0. The molecule has 6 nitrogen and oxygen atoms in total. The van der Waals surface area contributed by atoms with Gasteiger partial charge in [-0.15, -0.1) is 0 Å². The minimum Gasteiger partial charge on any atom is -0.507 e. The number of halogens is 1. The molecule has 0 saturated carbocycles. The minimum absolute atomic E-state index is 0.142. The van der Waals surface area contributed by atoms with Gasteiger partial charge in [0.15, 0.2) is 0 Å². The lowest BCUT2D eigenvalue weighted by atomic mass is 9.98. The molecule has 1 saturated heterocycles. The highest BCUT2D eigenvalue weighted by Gasteiger charge is 2.21. The van der Waals surface area contributed by atoms with Gasteiger partial charge in [-0.25, -0.2) is 0 Å². The number of nitrogens with zero attached hydrogens (tertiary/aromatic N) is 3. The Balaban J connectivity index is 1.09. The number of phenolic OH excluding ortho intramolecular Hbond substituents is 1. The molecular weight excluding hydrogens is 508 g/mol. The van der Waals surface area contributed by atoms with Crippen molar-refractivity contribution in [1.29, 1.82) is 0 Å². The fraction of sp³-hybridized carbons (Fsp3) is 0.188. The van der Waals surface area contributed by atoms with E-state index in [0.717, 1.165) is 76.6 Å². The highest BCUT2D eigenvalue weighted by Crippen LogP contribution is 2.38. The van der Waals surface area contributed by atoms with Crippen LogP contribution in [-0.4, -0.2) is 57.0 Å². The van der Waals surface area contributed by atoms with Crippen molar-refractivity contribution in [2.75, 3.05) is 26.2 Å². The number of para-hydroxylation sites is 1. The molecule has 1 aliphatic rings. The number of nitrogens with one attached hydrogen (secondary N) is 1. The minimum atomic E-state index is 0.142. The molecule has 1 amide bonds. The summed E-state index contributed by atoms with van der Waals surface area (Å²) < 4.78 is 0. The van der Waals surface area contributed by atoms with Crippen LogP contribution in [0.25, 0.3) is 33.3 Å². The molecule has 6 rings (SSSR count). The van der Waals surface area contributed by atoms with E-state index in [-0.39, 0.29) is 11.7 Å². The number of carbonyl (C=O) groups is 1. The molecule has 0 atom stereocenters. The van der Waals surface area contributed by atoms with Gasteiger partial charge in [-0.05, 0) is 47.0 Å². The van der Waals surface area contributed by atoms with Crippen molar-refractivity contribution in [1.82, 2.24) is 19.8 Å². The number of piperazine rings is 1. The van der Waals surface area contributed by atoms with E-state index in [9.17, 15) is 9.90 Å². The summed E-state index contributed by atoms with van der Waals surface area (Å²) in [6.07, 6.45) is 3.91. The van der Waals surface area contributed by atoms with Crippen molar-refractivity contribution < 1.29 is 9.90 Å². The zero-order valence-electron chi connectivity index (χ0n) is 21.5. The lowest BCUT2D eigenvalue weighted by Gasteiger charge is -2.35. The Bertz CT molecular complexity index is 1590. The lowest BCUT2D eigenvalue weighted by Crippen LogP contribution is -2.48. The Labute approximate surface area is 232 Å². The van der Waals surface area contributed by atoms with Gasteiger partial charge >= 0.3 is 0 Å². The van der Waals surface area contributed by atoms with Crippen LogP contribution in [0.3, 0.4) is 0 Å². The molecular formula is C32H29ClN4O2. The normalized spacial score (nSPS) is 14.1. The molecule has 0 spiro atoms. The zero-order chi connectivity index (χ0) is 26.8. The van der Waals surface area contributed by atoms with E-state index in [1.807, 2.05) is 77.7 Å². The summed E-state index contributed by atoms with van der Waals surface area (Å²) >= 11 is 6.12. The molecule has 0 unspecified atom stereocenters. The van der Waals surface area contributed by atoms with E-state index >= 15 is 0 Å². The largest absolute Gasteiger partial charge is 0.507 e. The quantitative estimate of drug-likeness (QED) is 0.273. The number of H-pyrrole nitrogens is 1. The van der Waals surface area contributed by atoms with Crippen LogP contribution >= 0.6 is 11.6 Å². The smallest absolute Gasteiger partial charge is 0.227 e. The van der Waals surface area contributed by atoms with E-state index in [4.69, 9.17) is 11.6 Å². The standard InChI is InChI=1S/C32H29ClN4O2/c33-26-4-1-3-23(17-26)21-36-13-15-37(16-14-36)31(38)18-22-7-9-24(10-8-22)27-5-2-6-28(32(27)39)30-19-25-20-34-12-11-29(25)35-30/h1-12,17,19-20,35,39H,13-16,18,21H2. The molecule has 5 aromatic rings. The summed E-state index contributed by atoms with van der Waals surface area (Å²) in [5.41, 5.74) is 6.35. The van der Waals surface area contributed by atoms with Crippen molar-refractivity contribution in [3.8, 4) is 28.1 Å². The number of aromatic hydroxyl groups is 1. The van der Waals surface area contributed by atoms with Gasteiger partial charge in [0.05, 0.1) is 12.1 Å². The molecule has 2 aromatic heterocycles. The number of pyridine rings is 1. The number of hydrogen-bond acceptors (Lipinski definition) is 4. The van der Waals surface area contributed by atoms with Gasteiger partial charge in [0, 0.05) is 72.2 Å². The first-order chi connectivity index (χ1) is 19.0. The number of benzene rings is 3. The molecule has 1 aliphatic heterocycles. The number of aromatic amines is 1. The molecule has 39 heavy (non-hydrogen) atoms. The first-order valence-corrected chi connectivity index (χ1v) is 13.5. The highest BCUT2D eigenvalue weighted by atomic mass is 35.5. The van der Waals surface area contributed by atoms with Crippen LogP contribution in [0, 0.1) is 0 Å². The second-order valence-corrected chi connectivity index (χ2v) is 10.4. The summed E-state index contributed by atoms with van der Waals surface area (Å²) in [6.45, 7) is 3.99. The average Bonchev–Trinajstić information content (AvgIpc) is 3.38. The fourth-order valence-corrected chi connectivity index (χ4v) is 5.46. The molecule has 1 fully saturated rings. The molecule has 3 aromatic carbocycles. The number of hydrogen-bond donors (Lipinski definition) is 2. The van der Waals surface area contributed by atoms with Gasteiger partial charge in [-0.3, -0.25) is 14.7 Å². The number of amides is 1. The van der Waals surface area contributed by atoms with Crippen molar-refractivity contribution in [3.05, 3.63) is 107 Å². The monoisotopic (exact) mass is 536 g/mol. The predicted molar refractivity (Wildman–Crippen MR) is 156 cm³/mol. The van der Waals surface area contributed by atoms with E-state index in [1.54, 1.807) is 12.4 Å². The molecule has 0 radical (unpaired) electrons. The third-order valence-corrected chi connectivity index (χ3v) is 7.62. The Hall–Kier alpha value is -4.13. The van der Waals surface area contributed by atoms with Crippen molar-refractivity contribution >= 4 is 28.4 Å². The third kappa shape index (κ3) is 5.53. The van der Waals surface area contributed by atoms with Crippen LogP contribution < -0.4 is 0 Å². The van der Waals surface area contributed by atoms with Gasteiger partial charge in [0.2, 0.25) is 5.91 Å². The molecule has 0 aliphatic carbocycles. The summed E-state index contributed by atoms with van der Waals surface area (Å²) in [5, 5.41) is 12.9. The van der Waals surface area contributed by atoms with Gasteiger partial charge in [-0.2, -0.15) is 0 Å². The number of fused-ring (bicyclic) bond motifs is 1. The second-order valence-electron chi connectivity index (χ2n) is 10.0. The van der Waals surface area contributed by atoms with Crippen LogP contribution in [0.4, 0.5) is 0 Å². The Morgan fingerprint density at radius 3 is 2.44 bits per heavy atom. The number of phenols is 1. The van der Waals surface area contributed by atoms with Crippen LogP contribution in [0.15, 0.2) is 91.3 Å². The van der Waals surface area contributed by atoms with Gasteiger partial charge < -0.3 is 15.0 Å². The predicted octanol–water partition coefficient (Wildman–Crippen LogP) is 6.14. The Morgan fingerprint density at radius 1 is 0.897 bits per heavy atom. The SMILES string of the molecule is O=C(Cc1ccc(-c2cccc(-c3cc4cnccc4[nH]3)c2O)cc1)N1CCN(Cc2cccc(Cl)c2)CC1. The maximum Gasteiger partial charge on any atom is 0.227 e. The summed E-state index contributed by atoms with van der Waals surface area (Å²) in [5.74, 6) is 0.361. The van der Waals surface area contributed by atoms with Crippen molar-refractivity contribution in [2.45, 2.75) is 13.0 Å². The van der Waals surface area contributed by atoms with E-state index < -0.39 is 0 Å². The summed E-state index contributed by atoms with van der Waals surface area (Å²) in [7, 11) is 0. The zero-order valence-corrected chi connectivity index (χ0v) is 22.2. The lowest BCUT2D eigenvalue weighted by molar-refractivity contribution is -0.132. The average molecular weight is 537 g/mol. The first kappa shape index (κ1) is 25.2. The first-order valence-electron chi connectivity index (χ1n) is 13.1. The van der Waals surface area contributed by atoms with Gasteiger partial charge in [0.1, 0.15) is 5.75 Å². The fourth-order valence-electron chi connectivity index (χ4n) is 5.25. The van der Waals surface area contributed by atoms with E-state index in [0.29, 0.717) is 6.42 Å². The van der Waals surface area contributed by atoms with Gasteiger partial charge in [-0.1, -0.05) is 60.1 Å². The molecule has 2 N–H and O–H groups in total. The molecule has 7 heteroatoms. The summed E-state index contributed by atoms with van der Waals surface area (Å²) in [4.78, 5) is 24.8. The third-order valence-electron chi connectivity index (χ3n) is 7.39. The maximum atomic E-state index is 13.0. The van der Waals surface area contributed by atoms with Crippen LogP contribution in [0.2, 0.25) is 5.02 Å².